The lowest BCUT2D eigenvalue weighted by molar-refractivity contribution is -0.150. The van der Waals surface area contributed by atoms with Gasteiger partial charge in [-0.2, -0.15) is 0 Å². The maximum absolute atomic E-state index is 12.0. The Kier molecular flexibility index (Phi) is 4.92. The van der Waals surface area contributed by atoms with Gasteiger partial charge < -0.3 is 15.2 Å². The second-order valence-electron chi connectivity index (χ2n) is 7.09. The van der Waals surface area contributed by atoms with Gasteiger partial charge in [0.25, 0.3) is 0 Å². The van der Waals surface area contributed by atoms with Gasteiger partial charge in [0.2, 0.25) is 0 Å². The van der Waals surface area contributed by atoms with Crippen LogP contribution in [0.1, 0.15) is 39.3 Å². The third-order valence-electron chi connectivity index (χ3n) is 3.95. The molecule has 126 valence electrons. The lowest BCUT2D eigenvalue weighted by Crippen LogP contribution is -2.47. The number of carbonyl (C=O) groups is 2. The van der Waals surface area contributed by atoms with Gasteiger partial charge in [-0.1, -0.05) is 6.07 Å². The molecule has 1 aromatic rings. The molecule has 1 aliphatic carbocycles. The number of carbonyl (C=O) groups excluding carboxylic acids is 1. The van der Waals surface area contributed by atoms with E-state index in [1.807, 2.05) is 12.1 Å². The average molecular weight is 320 g/mol. The molecule has 1 heterocycles. The summed E-state index contributed by atoms with van der Waals surface area (Å²) in [5, 5.41) is 12.5. The minimum atomic E-state index is -1.04. The molecule has 6 nitrogen and oxygen atoms in total. The number of pyridine rings is 1. The van der Waals surface area contributed by atoms with Gasteiger partial charge in [0.1, 0.15) is 5.60 Å². The van der Waals surface area contributed by atoms with Gasteiger partial charge in [-0.15, -0.1) is 0 Å². The predicted octanol–water partition coefficient (Wildman–Crippen LogP) is 2.63. The van der Waals surface area contributed by atoms with Crippen molar-refractivity contribution in [3.8, 4) is 0 Å². The van der Waals surface area contributed by atoms with E-state index >= 15 is 0 Å². The van der Waals surface area contributed by atoms with Gasteiger partial charge in [0.15, 0.2) is 0 Å². The van der Waals surface area contributed by atoms with Crippen LogP contribution in [0, 0.1) is 11.3 Å². The number of nitrogens with one attached hydrogen (secondary N) is 1. The summed E-state index contributed by atoms with van der Waals surface area (Å²) in [6.45, 7) is 5.35. The highest BCUT2D eigenvalue weighted by Gasteiger charge is 2.51. The van der Waals surface area contributed by atoms with E-state index in [4.69, 9.17) is 4.74 Å². The SMILES string of the molecule is CC(C)(C)OC(=O)NCC(Cc1ccccn1)(C(=O)O)C1CC1. The zero-order valence-corrected chi connectivity index (χ0v) is 13.8. The molecule has 6 heteroatoms. The second-order valence-corrected chi connectivity index (χ2v) is 7.09. The number of aromatic nitrogens is 1. The van der Waals surface area contributed by atoms with E-state index in [1.54, 1.807) is 33.0 Å². The van der Waals surface area contributed by atoms with Gasteiger partial charge >= 0.3 is 12.1 Å². The van der Waals surface area contributed by atoms with Crippen LogP contribution in [-0.2, 0) is 16.0 Å². The number of alkyl carbamates (subject to hydrolysis) is 1. The summed E-state index contributed by atoms with van der Waals surface area (Å²) in [5.74, 6) is -0.848. The number of amides is 1. The fraction of sp³-hybridized carbons (Fsp3) is 0.588. The Morgan fingerprint density at radius 2 is 2.04 bits per heavy atom. The van der Waals surface area contributed by atoms with Crippen LogP contribution in [0.4, 0.5) is 4.79 Å². The van der Waals surface area contributed by atoms with Gasteiger partial charge in [0, 0.05) is 24.9 Å². The first-order chi connectivity index (χ1) is 10.7. The Hall–Kier alpha value is -2.11. The number of hydrogen-bond donors (Lipinski definition) is 2. The Balaban J connectivity index is 2.11. The summed E-state index contributed by atoms with van der Waals surface area (Å²) in [4.78, 5) is 28.1. The number of carboxylic acid groups (broad SMARTS) is 1. The highest BCUT2D eigenvalue weighted by atomic mass is 16.6. The molecular weight excluding hydrogens is 296 g/mol. The standard InChI is InChI=1S/C17H24N2O4/c1-16(2,3)23-15(22)19-11-17(14(20)21,12-7-8-12)10-13-6-4-5-9-18-13/h4-6,9,12H,7-8,10-11H2,1-3H3,(H,19,22)(H,20,21). The fourth-order valence-corrected chi connectivity index (χ4v) is 2.68. The summed E-state index contributed by atoms with van der Waals surface area (Å²) in [6.07, 6.45) is 3.06. The first-order valence-electron chi connectivity index (χ1n) is 7.83. The van der Waals surface area contributed by atoms with Crippen molar-refractivity contribution < 1.29 is 19.4 Å². The third-order valence-corrected chi connectivity index (χ3v) is 3.95. The van der Waals surface area contributed by atoms with Crippen LogP contribution in [0.15, 0.2) is 24.4 Å². The number of ether oxygens (including phenoxy) is 1. The van der Waals surface area contributed by atoms with E-state index in [0.717, 1.165) is 12.8 Å². The predicted molar refractivity (Wildman–Crippen MR) is 85.0 cm³/mol. The Labute approximate surface area is 136 Å². The largest absolute Gasteiger partial charge is 0.481 e. The quantitative estimate of drug-likeness (QED) is 0.841. The maximum Gasteiger partial charge on any atom is 0.407 e. The number of aliphatic carboxylic acids is 1. The Bertz CT molecular complexity index is 564. The van der Waals surface area contributed by atoms with E-state index in [0.29, 0.717) is 12.1 Å². The topological polar surface area (TPSA) is 88.5 Å². The zero-order valence-electron chi connectivity index (χ0n) is 13.8. The fourth-order valence-electron chi connectivity index (χ4n) is 2.68. The van der Waals surface area contributed by atoms with Crippen molar-refractivity contribution in [2.45, 2.75) is 45.6 Å². The smallest absolute Gasteiger partial charge is 0.407 e. The van der Waals surface area contributed by atoms with Crippen LogP contribution in [0.2, 0.25) is 0 Å². The van der Waals surface area contributed by atoms with Crippen LogP contribution in [0.3, 0.4) is 0 Å². The van der Waals surface area contributed by atoms with E-state index in [-0.39, 0.29) is 12.5 Å². The van der Waals surface area contributed by atoms with Crippen molar-refractivity contribution in [3.63, 3.8) is 0 Å². The summed E-state index contributed by atoms with van der Waals surface area (Å²) >= 11 is 0. The van der Waals surface area contributed by atoms with Crippen molar-refractivity contribution in [2.24, 2.45) is 11.3 Å². The van der Waals surface area contributed by atoms with Crippen molar-refractivity contribution in [1.82, 2.24) is 10.3 Å². The van der Waals surface area contributed by atoms with Crippen LogP contribution < -0.4 is 5.32 Å². The highest BCUT2D eigenvalue weighted by molar-refractivity contribution is 5.77. The molecule has 0 radical (unpaired) electrons. The number of hydrogen-bond acceptors (Lipinski definition) is 4. The Morgan fingerprint density at radius 1 is 1.35 bits per heavy atom. The van der Waals surface area contributed by atoms with E-state index < -0.39 is 23.1 Å². The second kappa shape index (κ2) is 6.56. The van der Waals surface area contributed by atoms with Crippen LogP contribution in [-0.4, -0.2) is 34.3 Å². The molecule has 23 heavy (non-hydrogen) atoms. The van der Waals surface area contributed by atoms with Crippen molar-refractivity contribution in [2.75, 3.05) is 6.54 Å². The molecule has 0 aromatic carbocycles. The molecule has 1 aromatic heterocycles. The zero-order chi connectivity index (χ0) is 17.1. The normalized spacial score (nSPS) is 17.2. The summed E-state index contributed by atoms with van der Waals surface area (Å²) in [5.41, 5.74) is -0.935. The molecular formula is C17H24N2O4. The minimum absolute atomic E-state index is 0.0402. The highest BCUT2D eigenvalue weighted by Crippen LogP contribution is 2.47. The molecule has 0 aliphatic heterocycles. The van der Waals surface area contributed by atoms with E-state index in [2.05, 4.69) is 10.3 Å². The number of carboxylic acids is 1. The molecule has 1 saturated carbocycles. The average Bonchev–Trinajstić information content (AvgIpc) is 3.27. The van der Waals surface area contributed by atoms with Crippen LogP contribution >= 0.6 is 0 Å². The molecule has 1 fully saturated rings. The van der Waals surface area contributed by atoms with Crippen molar-refractivity contribution in [3.05, 3.63) is 30.1 Å². The van der Waals surface area contributed by atoms with Gasteiger partial charge in [-0.05, 0) is 51.7 Å². The monoisotopic (exact) mass is 320 g/mol. The lowest BCUT2D eigenvalue weighted by atomic mass is 9.78. The number of rotatable bonds is 6. The Morgan fingerprint density at radius 3 is 2.52 bits per heavy atom. The van der Waals surface area contributed by atoms with Gasteiger partial charge in [-0.25, -0.2) is 4.79 Å². The summed E-state index contributed by atoms with van der Waals surface area (Å²) in [6, 6.07) is 5.44. The molecule has 1 atom stereocenters. The van der Waals surface area contributed by atoms with Crippen LogP contribution in [0.5, 0.6) is 0 Å². The molecule has 1 aliphatic rings. The lowest BCUT2D eigenvalue weighted by Gasteiger charge is -2.30. The van der Waals surface area contributed by atoms with E-state index in [1.165, 1.54) is 0 Å². The first kappa shape index (κ1) is 17.2. The number of nitrogens with zero attached hydrogens (tertiary/aromatic N) is 1. The molecule has 2 N–H and O–H groups in total. The van der Waals surface area contributed by atoms with Crippen LogP contribution in [0.25, 0.3) is 0 Å². The van der Waals surface area contributed by atoms with Crippen molar-refractivity contribution >= 4 is 12.1 Å². The minimum Gasteiger partial charge on any atom is -0.481 e. The van der Waals surface area contributed by atoms with Gasteiger partial charge in [0.05, 0.1) is 5.41 Å². The first-order valence-corrected chi connectivity index (χ1v) is 7.83. The molecule has 0 bridgehead atoms. The third kappa shape index (κ3) is 4.68. The summed E-state index contributed by atoms with van der Waals surface area (Å²) < 4.78 is 5.20. The molecule has 0 saturated heterocycles. The molecule has 0 spiro atoms. The maximum atomic E-state index is 12.0. The molecule has 1 unspecified atom stereocenters. The van der Waals surface area contributed by atoms with Crippen molar-refractivity contribution in [1.29, 1.82) is 0 Å². The van der Waals surface area contributed by atoms with Gasteiger partial charge in [-0.3, -0.25) is 9.78 Å². The summed E-state index contributed by atoms with van der Waals surface area (Å²) in [7, 11) is 0. The molecule has 2 rings (SSSR count). The molecule has 1 amide bonds. The van der Waals surface area contributed by atoms with E-state index in [9.17, 15) is 14.7 Å².